The van der Waals surface area contributed by atoms with E-state index in [1.165, 1.54) is 37.7 Å². The van der Waals surface area contributed by atoms with Crippen molar-refractivity contribution in [1.29, 1.82) is 0 Å². The minimum absolute atomic E-state index is 0.356. The highest BCUT2D eigenvalue weighted by Gasteiger charge is 2.15. The Bertz CT molecular complexity index is 470. The van der Waals surface area contributed by atoms with E-state index < -0.39 is 0 Å². The number of amides is 1. The quantitative estimate of drug-likeness (QED) is 0.829. The van der Waals surface area contributed by atoms with Crippen molar-refractivity contribution >= 4 is 5.91 Å². The van der Waals surface area contributed by atoms with E-state index in [1.807, 2.05) is 25.1 Å². The van der Waals surface area contributed by atoms with Gasteiger partial charge in [-0.25, -0.2) is 0 Å². The summed E-state index contributed by atoms with van der Waals surface area (Å²) in [5.74, 6) is 0.517. The average Bonchev–Trinajstić information content (AvgIpc) is 2.62. The number of benzene rings is 1. The molecule has 3 N–H and O–H groups in total. The summed E-state index contributed by atoms with van der Waals surface area (Å²) in [6.07, 6.45) is 6.59. The number of hydrogen-bond acceptors (Lipinski definition) is 2. The maximum Gasteiger partial charge on any atom is 0.248 e. The van der Waals surface area contributed by atoms with Crippen LogP contribution < -0.4 is 11.1 Å². The lowest BCUT2D eigenvalue weighted by atomic mass is 10.0. The molecule has 0 bridgehead atoms. The number of nitrogens with two attached hydrogens (primary N) is 1. The molecule has 3 nitrogen and oxygen atoms in total. The third-order valence-corrected chi connectivity index (χ3v) is 4.47. The Morgan fingerprint density at radius 3 is 2.80 bits per heavy atom. The summed E-state index contributed by atoms with van der Waals surface area (Å²) < 4.78 is 0. The number of hydrogen-bond donors (Lipinski definition) is 2. The van der Waals surface area contributed by atoms with E-state index in [9.17, 15) is 4.79 Å². The Morgan fingerprint density at radius 1 is 1.30 bits per heavy atom. The van der Waals surface area contributed by atoms with E-state index in [4.69, 9.17) is 5.73 Å². The lowest BCUT2D eigenvalue weighted by Crippen LogP contribution is -2.28. The molecule has 1 aliphatic carbocycles. The molecule has 1 saturated carbocycles. The van der Waals surface area contributed by atoms with Crippen molar-refractivity contribution in [2.45, 2.75) is 58.5 Å². The van der Waals surface area contributed by atoms with Crippen LogP contribution in [0.2, 0.25) is 0 Å². The normalized spacial score (nSPS) is 23.3. The van der Waals surface area contributed by atoms with Crippen molar-refractivity contribution in [2.24, 2.45) is 11.7 Å². The van der Waals surface area contributed by atoms with Crippen molar-refractivity contribution < 1.29 is 4.79 Å². The van der Waals surface area contributed by atoms with Crippen LogP contribution in [0, 0.1) is 12.8 Å². The lowest BCUT2D eigenvalue weighted by Gasteiger charge is -2.17. The molecule has 0 spiro atoms. The van der Waals surface area contributed by atoms with Gasteiger partial charge in [0.25, 0.3) is 0 Å². The minimum atomic E-state index is -0.356. The molecule has 110 valence electrons. The number of carbonyl (C=O) groups is 1. The molecule has 2 unspecified atom stereocenters. The first-order chi connectivity index (χ1) is 9.56. The van der Waals surface area contributed by atoms with E-state index in [0.717, 1.165) is 18.0 Å². The fourth-order valence-electron chi connectivity index (χ4n) is 2.99. The van der Waals surface area contributed by atoms with Gasteiger partial charge in [0.05, 0.1) is 0 Å². The zero-order chi connectivity index (χ0) is 14.5. The topological polar surface area (TPSA) is 55.1 Å². The monoisotopic (exact) mass is 274 g/mol. The fraction of sp³-hybridized carbons (Fsp3) is 0.588. The van der Waals surface area contributed by atoms with Gasteiger partial charge in [0, 0.05) is 18.2 Å². The first-order valence-corrected chi connectivity index (χ1v) is 7.69. The highest BCUT2D eigenvalue weighted by molar-refractivity contribution is 5.93. The predicted octanol–water partition coefficient (Wildman–Crippen LogP) is 3.15. The van der Waals surface area contributed by atoms with E-state index in [2.05, 4.69) is 12.2 Å². The van der Waals surface area contributed by atoms with Gasteiger partial charge in [-0.05, 0) is 55.4 Å². The molecule has 0 saturated heterocycles. The van der Waals surface area contributed by atoms with E-state index in [0.29, 0.717) is 11.6 Å². The van der Waals surface area contributed by atoms with Crippen LogP contribution in [0.5, 0.6) is 0 Å². The zero-order valence-electron chi connectivity index (χ0n) is 12.6. The maximum absolute atomic E-state index is 11.1. The summed E-state index contributed by atoms with van der Waals surface area (Å²) in [6.45, 7) is 5.28. The lowest BCUT2D eigenvalue weighted by molar-refractivity contribution is 0.1000. The van der Waals surface area contributed by atoms with Crippen LogP contribution in [0.25, 0.3) is 0 Å². The summed E-state index contributed by atoms with van der Waals surface area (Å²) in [6, 6.07) is 6.35. The van der Waals surface area contributed by atoms with E-state index >= 15 is 0 Å². The van der Waals surface area contributed by atoms with Gasteiger partial charge in [-0.2, -0.15) is 0 Å². The third-order valence-electron chi connectivity index (χ3n) is 4.47. The Hall–Kier alpha value is -1.35. The molecule has 0 aliphatic heterocycles. The second-order valence-electron chi connectivity index (χ2n) is 6.20. The summed E-state index contributed by atoms with van der Waals surface area (Å²) in [5.41, 5.74) is 8.28. The van der Waals surface area contributed by atoms with Crippen molar-refractivity contribution in [3.8, 4) is 0 Å². The van der Waals surface area contributed by atoms with Gasteiger partial charge in [0.2, 0.25) is 5.91 Å². The molecule has 0 heterocycles. The number of primary amides is 1. The van der Waals surface area contributed by atoms with Crippen LogP contribution in [0.1, 0.15) is 60.5 Å². The van der Waals surface area contributed by atoms with Crippen LogP contribution in [0.4, 0.5) is 0 Å². The predicted molar refractivity (Wildman–Crippen MR) is 82.6 cm³/mol. The Morgan fingerprint density at radius 2 is 2.10 bits per heavy atom. The van der Waals surface area contributed by atoms with Gasteiger partial charge in [-0.1, -0.05) is 25.8 Å². The highest BCUT2D eigenvalue weighted by atomic mass is 16.1. The Kier molecular flexibility index (Phi) is 5.18. The van der Waals surface area contributed by atoms with Crippen LogP contribution in [0.3, 0.4) is 0 Å². The van der Waals surface area contributed by atoms with Crippen molar-refractivity contribution in [2.75, 3.05) is 0 Å². The minimum Gasteiger partial charge on any atom is -0.366 e. The fourth-order valence-corrected chi connectivity index (χ4v) is 2.99. The van der Waals surface area contributed by atoms with E-state index in [1.54, 1.807) is 0 Å². The number of carbonyl (C=O) groups excluding carboxylic acids is 1. The molecule has 2 rings (SSSR count). The smallest absolute Gasteiger partial charge is 0.248 e. The van der Waals surface area contributed by atoms with Gasteiger partial charge in [-0.3, -0.25) is 4.79 Å². The summed E-state index contributed by atoms with van der Waals surface area (Å²) in [5, 5.41) is 3.67. The summed E-state index contributed by atoms with van der Waals surface area (Å²) >= 11 is 0. The van der Waals surface area contributed by atoms with Gasteiger partial charge in [0.1, 0.15) is 0 Å². The van der Waals surface area contributed by atoms with Crippen LogP contribution in [-0.4, -0.2) is 11.9 Å². The number of nitrogens with one attached hydrogen (secondary N) is 1. The van der Waals surface area contributed by atoms with Crippen molar-refractivity contribution in [3.05, 3.63) is 34.9 Å². The standard InChI is InChI=1S/C17H26N2O/c1-12-4-3-5-16(9-6-12)19-11-15-8-7-14(17(18)20)10-13(15)2/h7-8,10,12,16,19H,3-6,9,11H2,1-2H3,(H2,18,20). The van der Waals surface area contributed by atoms with Crippen LogP contribution >= 0.6 is 0 Å². The van der Waals surface area contributed by atoms with Gasteiger partial charge < -0.3 is 11.1 Å². The van der Waals surface area contributed by atoms with Crippen molar-refractivity contribution in [1.82, 2.24) is 5.32 Å². The van der Waals surface area contributed by atoms with Crippen LogP contribution in [0.15, 0.2) is 18.2 Å². The number of aryl methyl sites for hydroxylation is 1. The third kappa shape index (κ3) is 4.07. The molecule has 1 aromatic carbocycles. The first-order valence-electron chi connectivity index (χ1n) is 7.69. The average molecular weight is 274 g/mol. The van der Waals surface area contributed by atoms with Gasteiger partial charge in [-0.15, -0.1) is 0 Å². The van der Waals surface area contributed by atoms with Crippen molar-refractivity contribution in [3.63, 3.8) is 0 Å². The largest absolute Gasteiger partial charge is 0.366 e. The molecule has 1 aliphatic rings. The zero-order valence-corrected chi connectivity index (χ0v) is 12.6. The highest BCUT2D eigenvalue weighted by Crippen LogP contribution is 2.23. The molecule has 2 atom stereocenters. The molecule has 1 fully saturated rings. The van der Waals surface area contributed by atoms with Crippen LogP contribution in [-0.2, 0) is 6.54 Å². The Labute approximate surface area is 121 Å². The van der Waals surface area contributed by atoms with E-state index in [-0.39, 0.29) is 5.91 Å². The molecule has 1 amide bonds. The SMILES string of the molecule is Cc1cc(C(N)=O)ccc1CNC1CCCC(C)CC1. The summed E-state index contributed by atoms with van der Waals surface area (Å²) in [4.78, 5) is 11.1. The van der Waals surface area contributed by atoms with Gasteiger partial charge in [0.15, 0.2) is 0 Å². The second-order valence-corrected chi connectivity index (χ2v) is 6.20. The molecule has 3 heteroatoms. The second kappa shape index (κ2) is 6.89. The maximum atomic E-state index is 11.1. The molecular weight excluding hydrogens is 248 g/mol. The molecule has 20 heavy (non-hydrogen) atoms. The number of rotatable bonds is 4. The Balaban J connectivity index is 1.92. The van der Waals surface area contributed by atoms with Gasteiger partial charge >= 0.3 is 0 Å². The molecular formula is C17H26N2O. The molecule has 0 radical (unpaired) electrons. The molecule has 0 aromatic heterocycles. The molecule has 1 aromatic rings. The first kappa shape index (κ1) is 15.0. The summed E-state index contributed by atoms with van der Waals surface area (Å²) in [7, 11) is 0.